The summed E-state index contributed by atoms with van der Waals surface area (Å²) in [7, 11) is -1.07. The highest BCUT2D eigenvalue weighted by Crippen LogP contribution is 2.12. The van der Waals surface area contributed by atoms with Crippen molar-refractivity contribution in [2.45, 2.75) is 18.9 Å². The van der Waals surface area contributed by atoms with Crippen LogP contribution in [0.25, 0.3) is 0 Å². The van der Waals surface area contributed by atoms with E-state index in [1.165, 1.54) is 6.26 Å². The predicted octanol–water partition coefficient (Wildman–Crippen LogP) is -0.354. The van der Waals surface area contributed by atoms with Gasteiger partial charge in [-0.05, 0) is 12.8 Å². The molecule has 1 saturated heterocycles. The zero-order chi connectivity index (χ0) is 11.3. The minimum absolute atomic E-state index is 0.255. The lowest BCUT2D eigenvalue weighted by Crippen LogP contribution is -2.40. The van der Waals surface area contributed by atoms with Gasteiger partial charge in [-0.2, -0.15) is 0 Å². The van der Waals surface area contributed by atoms with Crippen LogP contribution in [0, 0.1) is 0 Å². The second-order valence-electron chi connectivity index (χ2n) is 3.99. The molecule has 1 aliphatic rings. The second kappa shape index (κ2) is 5.79. The number of nitrogens with one attached hydrogen (secondary N) is 1. The summed E-state index contributed by atoms with van der Waals surface area (Å²) < 4.78 is 22.0. The van der Waals surface area contributed by atoms with Crippen LogP contribution in [-0.2, 0) is 14.7 Å². The predicted molar refractivity (Wildman–Crippen MR) is 59.3 cm³/mol. The third-order valence-electron chi connectivity index (χ3n) is 2.60. The van der Waals surface area contributed by atoms with Gasteiger partial charge in [0.05, 0.1) is 11.9 Å². The molecule has 0 amide bonds. The lowest BCUT2D eigenvalue weighted by molar-refractivity contribution is -0.0426. The third-order valence-corrected chi connectivity index (χ3v) is 3.52. The summed E-state index contributed by atoms with van der Waals surface area (Å²) in [5.74, 6) is 0.255. The Morgan fingerprint density at radius 2 is 2.00 bits per heavy atom. The zero-order valence-electron chi connectivity index (χ0n) is 9.40. The van der Waals surface area contributed by atoms with Gasteiger partial charge in [0, 0.05) is 32.9 Å². The lowest BCUT2D eigenvalue weighted by Gasteiger charge is -2.31. The summed E-state index contributed by atoms with van der Waals surface area (Å²) in [6.45, 7) is 2.48. The van der Waals surface area contributed by atoms with Crippen LogP contribution in [0.1, 0.15) is 12.8 Å². The van der Waals surface area contributed by atoms with Gasteiger partial charge in [-0.1, -0.05) is 0 Å². The van der Waals surface area contributed by atoms with Crippen molar-refractivity contribution in [3.05, 3.63) is 0 Å². The van der Waals surface area contributed by atoms with E-state index in [0.29, 0.717) is 6.54 Å². The Morgan fingerprint density at radius 3 is 2.47 bits per heavy atom. The van der Waals surface area contributed by atoms with Crippen molar-refractivity contribution in [2.75, 3.05) is 38.7 Å². The Labute approximate surface area is 91.7 Å². The Kier molecular flexibility index (Phi) is 4.98. The van der Waals surface area contributed by atoms with Gasteiger partial charge in [0.1, 0.15) is 9.84 Å². The number of likely N-dealkylation sites (tertiary alicyclic amines) is 1. The minimum Gasteiger partial charge on any atom is -0.302 e. The first-order valence-corrected chi connectivity index (χ1v) is 7.30. The number of piperidine rings is 1. The van der Waals surface area contributed by atoms with Crippen molar-refractivity contribution in [1.29, 1.82) is 0 Å². The summed E-state index contributed by atoms with van der Waals surface area (Å²) in [6.07, 6.45) is 3.48. The fourth-order valence-electron chi connectivity index (χ4n) is 1.71. The number of hydrogen-bond acceptors (Lipinski definition) is 5. The van der Waals surface area contributed by atoms with Gasteiger partial charge in [-0.15, -0.1) is 0 Å². The van der Waals surface area contributed by atoms with Crippen LogP contribution in [0.15, 0.2) is 0 Å². The van der Waals surface area contributed by atoms with Crippen LogP contribution >= 0.6 is 0 Å². The lowest BCUT2D eigenvalue weighted by atomic mass is 10.1. The van der Waals surface area contributed by atoms with Crippen molar-refractivity contribution in [1.82, 2.24) is 10.4 Å². The number of hydroxylamine groups is 1. The van der Waals surface area contributed by atoms with Crippen molar-refractivity contribution in [3.63, 3.8) is 0 Å². The molecule has 15 heavy (non-hydrogen) atoms. The van der Waals surface area contributed by atoms with Crippen LogP contribution in [0.2, 0.25) is 0 Å². The maximum Gasteiger partial charge on any atom is 0.148 e. The van der Waals surface area contributed by atoms with Gasteiger partial charge in [-0.3, -0.25) is 4.84 Å². The van der Waals surface area contributed by atoms with Gasteiger partial charge in [-0.25, -0.2) is 13.9 Å². The molecular formula is C9H20N2O3S. The fourth-order valence-corrected chi connectivity index (χ4v) is 2.30. The molecule has 1 fully saturated rings. The van der Waals surface area contributed by atoms with Crippen molar-refractivity contribution >= 4 is 9.84 Å². The van der Waals surface area contributed by atoms with Crippen molar-refractivity contribution in [3.8, 4) is 0 Å². The van der Waals surface area contributed by atoms with E-state index in [-0.39, 0.29) is 11.9 Å². The molecular weight excluding hydrogens is 216 g/mol. The molecule has 0 atom stereocenters. The molecule has 1 heterocycles. The number of sulfone groups is 1. The highest BCUT2D eigenvalue weighted by molar-refractivity contribution is 7.90. The number of hydrogen-bond donors (Lipinski definition) is 1. The molecule has 1 N–H and O–H groups in total. The summed E-state index contributed by atoms with van der Waals surface area (Å²) in [5.41, 5.74) is 2.69. The molecule has 90 valence electrons. The summed E-state index contributed by atoms with van der Waals surface area (Å²) in [4.78, 5) is 7.46. The topological polar surface area (TPSA) is 58.6 Å². The van der Waals surface area contributed by atoms with Gasteiger partial charge in [0.2, 0.25) is 0 Å². The standard InChI is InChI=1S/C9H20N2O3S/c1-10-14-9-3-5-11(6-4-9)7-8-15(2,12)13/h9-10H,3-8H2,1-2H3. The Bertz CT molecular complexity index is 271. The molecule has 0 saturated carbocycles. The first kappa shape index (κ1) is 12.9. The van der Waals surface area contributed by atoms with E-state index in [0.717, 1.165) is 25.9 Å². The molecule has 0 aromatic heterocycles. The van der Waals surface area contributed by atoms with E-state index < -0.39 is 9.84 Å². The third kappa shape index (κ3) is 5.46. The van der Waals surface area contributed by atoms with Crippen molar-refractivity contribution in [2.24, 2.45) is 0 Å². The molecule has 0 bridgehead atoms. The van der Waals surface area contributed by atoms with Gasteiger partial charge < -0.3 is 4.90 Å². The molecule has 0 unspecified atom stereocenters. The van der Waals surface area contributed by atoms with Crippen LogP contribution in [0.4, 0.5) is 0 Å². The smallest absolute Gasteiger partial charge is 0.148 e. The first-order valence-electron chi connectivity index (χ1n) is 5.24. The SMILES string of the molecule is CNOC1CCN(CCS(C)(=O)=O)CC1. The molecule has 0 spiro atoms. The highest BCUT2D eigenvalue weighted by Gasteiger charge is 2.20. The van der Waals surface area contributed by atoms with E-state index in [2.05, 4.69) is 10.4 Å². The van der Waals surface area contributed by atoms with Crippen LogP contribution in [0.3, 0.4) is 0 Å². The highest BCUT2D eigenvalue weighted by atomic mass is 32.2. The van der Waals surface area contributed by atoms with E-state index in [9.17, 15) is 8.42 Å². The molecule has 0 aliphatic carbocycles. The zero-order valence-corrected chi connectivity index (χ0v) is 10.2. The number of nitrogens with zero attached hydrogens (tertiary/aromatic N) is 1. The maximum atomic E-state index is 11.0. The molecule has 1 aliphatic heterocycles. The van der Waals surface area contributed by atoms with Crippen LogP contribution in [-0.4, -0.2) is 58.1 Å². The molecule has 0 radical (unpaired) electrons. The fraction of sp³-hybridized carbons (Fsp3) is 1.00. The molecule has 0 aromatic rings. The van der Waals surface area contributed by atoms with E-state index >= 15 is 0 Å². The maximum absolute atomic E-state index is 11.0. The van der Waals surface area contributed by atoms with Gasteiger partial charge >= 0.3 is 0 Å². The summed E-state index contributed by atoms with van der Waals surface area (Å²) >= 11 is 0. The Morgan fingerprint density at radius 1 is 1.40 bits per heavy atom. The van der Waals surface area contributed by atoms with Gasteiger partial charge in [0.15, 0.2) is 0 Å². The average Bonchev–Trinajstić information content (AvgIpc) is 2.16. The monoisotopic (exact) mass is 236 g/mol. The summed E-state index contributed by atoms with van der Waals surface area (Å²) in [6, 6.07) is 0. The van der Waals surface area contributed by atoms with E-state index in [1.807, 2.05) is 0 Å². The van der Waals surface area contributed by atoms with Crippen LogP contribution in [0.5, 0.6) is 0 Å². The van der Waals surface area contributed by atoms with E-state index in [1.54, 1.807) is 7.05 Å². The first-order chi connectivity index (χ1) is 7.01. The quantitative estimate of drug-likeness (QED) is 0.661. The molecule has 0 aromatic carbocycles. The Hall–Kier alpha value is -0.170. The average molecular weight is 236 g/mol. The Balaban J connectivity index is 2.20. The molecule has 5 nitrogen and oxygen atoms in total. The molecule has 6 heteroatoms. The van der Waals surface area contributed by atoms with Gasteiger partial charge in [0.25, 0.3) is 0 Å². The largest absolute Gasteiger partial charge is 0.302 e. The number of rotatable bonds is 5. The van der Waals surface area contributed by atoms with E-state index in [4.69, 9.17) is 4.84 Å². The van der Waals surface area contributed by atoms with Crippen molar-refractivity contribution < 1.29 is 13.3 Å². The second-order valence-corrected chi connectivity index (χ2v) is 6.25. The molecule has 1 rings (SSSR count). The minimum atomic E-state index is -2.83. The normalized spacial score (nSPS) is 20.7. The van der Waals surface area contributed by atoms with Crippen LogP contribution < -0.4 is 5.48 Å². The summed E-state index contributed by atoms with van der Waals surface area (Å²) in [5, 5.41) is 0.